The van der Waals surface area contributed by atoms with E-state index in [1.165, 1.54) is 0 Å². The lowest BCUT2D eigenvalue weighted by molar-refractivity contribution is -0.146. The molecule has 2 rings (SSSR count). The van der Waals surface area contributed by atoms with Crippen molar-refractivity contribution in [1.29, 1.82) is 0 Å². The van der Waals surface area contributed by atoms with Crippen molar-refractivity contribution in [3.05, 3.63) is 35.9 Å². The van der Waals surface area contributed by atoms with Crippen LogP contribution in [0.25, 0.3) is 0 Å². The monoisotopic (exact) mass is 277 g/mol. The third kappa shape index (κ3) is 3.19. The third-order valence-corrected chi connectivity index (χ3v) is 4.20. The fraction of sp³-hybridized carbons (Fsp3) is 0.562. The van der Waals surface area contributed by atoms with E-state index in [9.17, 15) is 9.90 Å². The van der Waals surface area contributed by atoms with E-state index in [0.29, 0.717) is 12.8 Å². The normalized spacial score (nSPS) is 18.9. The second kappa shape index (κ2) is 6.86. The number of hydrogen-bond acceptors (Lipinski definition) is 3. The van der Waals surface area contributed by atoms with Gasteiger partial charge in [0.2, 0.25) is 0 Å². The number of carbonyl (C=O) groups is 1. The molecule has 0 bridgehead atoms. The number of piperidine rings is 1. The maximum Gasteiger partial charge on any atom is 0.314 e. The number of carboxylic acid groups (broad SMARTS) is 1. The van der Waals surface area contributed by atoms with Crippen LogP contribution in [0.5, 0.6) is 0 Å². The average molecular weight is 277 g/mol. The molecule has 0 spiro atoms. The molecule has 0 aliphatic carbocycles. The molecule has 0 radical (unpaired) electrons. The third-order valence-electron chi connectivity index (χ3n) is 4.20. The van der Waals surface area contributed by atoms with Crippen molar-refractivity contribution in [2.75, 3.05) is 32.8 Å². The van der Waals surface area contributed by atoms with Crippen molar-refractivity contribution in [3.63, 3.8) is 0 Å². The zero-order chi connectivity index (χ0) is 14.4. The molecular formula is C16H23NO3. The highest BCUT2D eigenvalue weighted by molar-refractivity contribution is 5.81. The van der Waals surface area contributed by atoms with Crippen LogP contribution in [0.1, 0.15) is 25.3 Å². The van der Waals surface area contributed by atoms with Gasteiger partial charge in [-0.3, -0.25) is 4.79 Å². The highest BCUT2D eigenvalue weighted by atomic mass is 16.5. The lowest BCUT2D eigenvalue weighted by Gasteiger charge is -2.39. The summed E-state index contributed by atoms with van der Waals surface area (Å²) < 4.78 is 5.36. The van der Waals surface area contributed by atoms with Gasteiger partial charge in [0, 0.05) is 13.2 Å². The zero-order valence-corrected chi connectivity index (χ0v) is 12.0. The minimum atomic E-state index is -0.719. The Hall–Kier alpha value is -1.39. The SMILES string of the molecule is CCOCCN1CCC(C(=O)O)(c2ccccc2)CC1. The van der Waals surface area contributed by atoms with Gasteiger partial charge in [0.05, 0.1) is 12.0 Å². The van der Waals surface area contributed by atoms with E-state index in [1.54, 1.807) is 0 Å². The summed E-state index contributed by atoms with van der Waals surface area (Å²) in [6, 6.07) is 9.63. The number of aliphatic carboxylic acids is 1. The summed E-state index contributed by atoms with van der Waals surface area (Å²) >= 11 is 0. The largest absolute Gasteiger partial charge is 0.481 e. The van der Waals surface area contributed by atoms with E-state index in [1.807, 2.05) is 37.3 Å². The van der Waals surface area contributed by atoms with Gasteiger partial charge >= 0.3 is 5.97 Å². The van der Waals surface area contributed by atoms with E-state index >= 15 is 0 Å². The molecule has 0 unspecified atom stereocenters. The molecule has 1 N–H and O–H groups in total. The van der Waals surface area contributed by atoms with Crippen molar-refractivity contribution in [2.45, 2.75) is 25.2 Å². The molecule has 0 atom stereocenters. The molecule has 1 aliphatic rings. The molecule has 110 valence electrons. The molecule has 1 aromatic carbocycles. The highest BCUT2D eigenvalue weighted by Crippen LogP contribution is 2.35. The average Bonchev–Trinajstić information content (AvgIpc) is 2.49. The van der Waals surface area contributed by atoms with Crippen molar-refractivity contribution in [1.82, 2.24) is 4.90 Å². The second-order valence-electron chi connectivity index (χ2n) is 5.29. The maximum atomic E-state index is 11.8. The fourth-order valence-corrected chi connectivity index (χ4v) is 2.88. The Balaban J connectivity index is 2.02. The van der Waals surface area contributed by atoms with Gasteiger partial charge in [-0.1, -0.05) is 30.3 Å². The molecular weight excluding hydrogens is 254 g/mol. The van der Waals surface area contributed by atoms with Crippen LogP contribution < -0.4 is 0 Å². The van der Waals surface area contributed by atoms with Gasteiger partial charge in [0.15, 0.2) is 0 Å². The van der Waals surface area contributed by atoms with E-state index in [2.05, 4.69) is 4.90 Å². The van der Waals surface area contributed by atoms with Gasteiger partial charge in [-0.25, -0.2) is 0 Å². The Morgan fingerprint density at radius 1 is 1.30 bits per heavy atom. The summed E-state index contributed by atoms with van der Waals surface area (Å²) in [5, 5.41) is 9.70. The lowest BCUT2D eigenvalue weighted by atomic mass is 9.73. The summed E-state index contributed by atoms with van der Waals surface area (Å²) in [5.74, 6) is -0.701. The summed E-state index contributed by atoms with van der Waals surface area (Å²) in [7, 11) is 0. The number of rotatable bonds is 6. The van der Waals surface area contributed by atoms with Crippen LogP contribution in [-0.2, 0) is 14.9 Å². The van der Waals surface area contributed by atoms with E-state index < -0.39 is 11.4 Å². The van der Waals surface area contributed by atoms with E-state index in [4.69, 9.17) is 4.74 Å². The Kier molecular flexibility index (Phi) is 5.15. The molecule has 0 aromatic heterocycles. The second-order valence-corrected chi connectivity index (χ2v) is 5.29. The van der Waals surface area contributed by atoms with Crippen LogP contribution in [0.2, 0.25) is 0 Å². The van der Waals surface area contributed by atoms with E-state index in [0.717, 1.165) is 38.4 Å². The summed E-state index contributed by atoms with van der Waals surface area (Å²) in [5.41, 5.74) is 0.209. The van der Waals surface area contributed by atoms with Gasteiger partial charge < -0.3 is 14.7 Å². The number of hydrogen-bond donors (Lipinski definition) is 1. The summed E-state index contributed by atoms with van der Waals surface area (Å²) in [6.07, 6.45) is 1.33. The van der Waals surface area contributed by atoms with Crippen LogP contribution in [0.4, 0.5) is 0 Å². The van der Waals surface area contributed by atoms with Crippen molar-refractivity contribution in [2.24, 2.45) is 0 Å². The van der Waals surface area contributed by atoms with Gasteiger partial charge in [0.1, 0.15) is 0 Å². The predicted molar refractivity (Wildman–Crippen MR) is 77.9 cm³/mol. The Labute approximate surface area is 120 Å². The minimum Gasteiger partial charge on any atom is -0.481 e. The molecule has 1 saturated heterocycles. The van der Waals surface area contributed by atoms with E-state index in [-0.39, 0.29) is 0 Å². The van der Waals surface area contributed by atoms with Crippen molar-refractivity contribution in [3.8, 4) is 0 Å². The Morgan fingerprint density at radius 2 is 1.95 bits per heavy atom. The quantitative estimate of drug-likeness (QED) is 0.809. The predicted octanol–water partition coefficient (Wildman–Crippen LogP) is 2.14. The molecule has 1 aromatic rings. The van der Waals surface area contributed by atoms with Gasteiger partial charge in [-0.05, 0) is 38.4 Å². The fourth-order valence-electron chi connectivity index (χ4n) is 2.88. The lowest BCUT2D eigenvalue weighted by Crippen LogP contribution is -2.48. The number of benzene rings is 1. The minimum absolute atomic E-state index is 0.665. The number of ether oxygens (including phenoxy) is 1. The molecule has 1 aliphatic heterocycles. The zero-order valence-electron chi connectivity index (χ0n) is 12.0. The van der Waals surface area contributed by atoms with Gasteiger partial charge in [-0.15, -0.1) is 0 Å². The van der Waals surface area contributed by atoms with Crippen LogP contribution >= 0.6 is 0 Å². The van der Waals surface area contributed by atoms with Gasteiger partial charge in [-0.2, -0.15) is 0 Å². The number of nitrogens with zero attached hydrogens (tertiary/aromatic N) is 1. The van der Waals surface area contributed by atoms with Crippen molar-refractivity contribution < 1.29 is 14.6 Å². The first-order valence-corrected chi connectivity index (χ1v) is 7.28. The molecule has 0 amide bonds. The molecule has 4 nitrogen and oxygen atoms in total. The van der Waals surface area contributed by atoms with Crippen LogP contribution in [-0.4, -0.2) is 48.8 Å². The van der Waals surface area contributed by atoms with Crippen LogP contribution in [0.3, 0.4) is 0 Å². The van der Waals surface area contributed by atoms with Crippen molar-refractivity contribution >= 4 is 5.97 Å². The Bertz CT molecular complexity index is 425. The molecule has 1 fully saturated rings. The smallest absolute Gasteiger partial charge is 0.314 e. The Morgan fingerprint density at radius 3 is 2.50 bits per heavy atom. The highest BCUT2D eigenvalue weighted by Gasteiger charge is 2.42. The number of likely N-dealkylation sites (tertiary alicyclic amines) is 1. The first-order valence-electron chi connectivity index (χ1n) is 7.28. The first kappa shape index (κ1) is 15.0. The maximum absolute atomic E-state index is 11.8. The van der Waals surface area contributed by atoms with Crippen LogP contribution in [0, 0.1) is 0 Å². The summed E-state index contributed by atoms with van der Waals surface area (Å²) in [6.45, 7) is 5.96. The topological polar surface area (TPSA) is 49.8 Å². The van der Waals surface area contributed by atoms with Gasteiger partial charge in [0.25, 0.3) is 0 Å². The standard InChI is InChI=1S/C16H23NO3/c1-2-20-13-12-17-10-8-16(9-11-17,15(18)19)14-6-4-3-5-7-14/h3-7H,2,8-13H2,1H3,(H,18,19). The molecule has 1 heterocycles. The summed E-state index contributed by atoms with van der Waals surface area (Å²) in [4.78, 5) is 14.1. The molecule has 4 heteroatoms. The molecule has 0 saturated carbocycles. The first-order chi connectivity index (χ1) is 9.69. The molecule has 20 heavy (non-hydrogen) atoms. The van der Waals surface area contributed by atoms with Crippen LogP contribution in [0.15, 0.2) is 30.3 Å². The number of carboxylic acids is 1.